The number of nitrogens with one attached hydrogen (secondary N) is 1. The van der Waals surface area contributed by atoms with E-state index in [-0.39, 0.29) is 10.8 Å². The van der Waals surface area contributed by atoms with Crippen molar-refractivity contribution in [2.45, 2.75) is 25.2 Å². The van der Waals surface area contributed by atoms with Gasteiger partial charge in [0, 0.05) is 29.7 Å². The van der Waals surface area contributed by atoms with E-state index in [9.17, 15) is 13.2 Å². The van der Waals surface area contributed by atoms with Crippen LogP contribution in [-0.4, -0.2) is 52.5 Å². The average Bonchev–Trinajstić information content (AvgIpc) is 2.75. The molecule has 164 valence electrons. The Bertz CT molecular complexity index is 991. The minimum Gasteiger partial charge on any atom is -0.493 e. The monoisotopic (exact) mass is 498 g/mol. The summed E-state index contributed by atoms with van der Waals surface area (Å²) in [5, 5.41) is 2.84. The van der Waals surface area contributed by atoms with Crippen LogP contribution in [0.2, 0.25) is 0 Å². The second-order valence-electron chi connectivity index (χ2n) is 6.42. The molecule has 1 amide bonds. The van der Waals surface area contributed by atoms with E-state index in [2.05, 4.69) is 21.2 Å². The molecule has 0 heterocycles. The molecule has 0 fully saturated rings. The summed E-state index contributed by atoms with van der Waals surface area (Å²) in [6, 6.07) is 9.77. The summed E-state index contributed by atoms with van der Waals surface area (Å²) in [7, 11) is -0.485. The van der Waals surface area contributed by atoms with Crippen molar-refractivity contribution in [2.75, 3.05) is 33.9 Å². The number of amides is 1. The Hall–Kier alpha value is -2.10. The molecule has 2 aromatic rings. The lowest BCUT2D eigenvalue weighted by Crippen LogP contribution is -2.31. The van der Waals surface area contributed by atoms with Crippen molar-refractivity contribution in [3.05, 3.63) is 52.0 Å². The van der Waals surface area contributed by atoms with Crippen LogP contribution in [0.3, 0.4) is 0 Å². The normalized spacial score (nSPS) is 11.4. The molecule has 0 saturated heterocycles. The minimum absolute atomic E-state index is 0.112. The van der Waals surface area contributed by atoms with E-state index in [4.69, 9.17) is 9.47 Å². The van der Waals surface area contributed by atoms with Gasteiger partial charge in [-0.2, -0.15) is 4.31 Å². The Labute approximate surface area is 186 Å². The molecule has 9 heteroatoms. The Balaban J connectivity index is 2.10. The summed E-state index contributed by atoms with van der Waals surface area (Å²) in [6.07, 6.45) is 0.560. The zero-order valence-electron chi connectivity index (χ0n) is 17.6. The summed E-state index contributed by atoms with van der Waals surface area (Å²) >= 11 is 3.50. The van der Waals surface area contributed by atoms with Crippen LogP contribution in [0.25, 0.3) is 0 Å². The van der Waals surface area contributed by atoms with E-state index in [0.29, 0.717) is 43.1 Å². The zero-order chi connectivity index (χ0) is 22.3. The van der Waals surface area contributed by atoms with Crippen molar-refractivity contribution in [1.82, 2.24) is 9.62 Å². The molecule has 0 spiro atoms. The van der Waals surface area contributed by atoms with Gasteiger partial charge >= 0.3 is 0 Å². The largest absolute Gasteiger partial charge is 0.493 e. The molecule has 0 bridgehead atoms. The first-order chi connectivity index (χ1) is 14.3. The SMILES string of the molecule is CCN(CC)S(=O)(=O)c1cccc(C(=O)NCCc2cc(OC)c(OC)cc2Br)c1. The predicted molar refractivity (Wildman–Crippen MR) is 120 cm³/mol. The van der Waals surface area contributed by atoms with Gasteiger partial charge in [0.15, 0.2) is 11.5 Å². The van der Waals surface area contributed by atoms with Gasteiger partial charge in [-0.1, -0.05) is 35.8 Å². The van der Waals surface area contributed by atoms with Gasteiger partial charge in [-0.05, 0) is 42.3 Å². The number of hydrogen-bond donors (Lipinski definition) is 1. The van der Waals surface area contributed by atoms with Crippen molar-refractivity contribution < 1.29 is 22.7 Å². The number of benzene rings is 2. The van der Waals surface area contributed by atoms with Crippen molar-refractivity contribution >= 4 is 31.9 Å². The van der Waals surface area contributed by atoms with Crippen molar-refractivity contribution in [2.24, 2.45) is 0 Å². The number of rotatable bonds is 10. The lowest BCUT2D eigenvalue weighted by atomic mass is 10.1. The molecule has 0 aliphatic carbocycles. The highest BCUT2D eigenvalue weighted by Gasteiger charge is 2.22. The standard InChI is InChI=1S/C21H27BrN2O5S/c1-5-24(6-2)30(26,27)17-9-7-8-16(12-17)21(25)23-11-10-15-13-19(28-3)20(29-4)14-18(15)22/h7-9,12-14H,5-6,10-11H2,1-4H3,(H,23,25). The van der Waals surface area contributed by atoms with Crippen LogP contribution < -0.4 is 14.8 Å². The number of halogens is 1. The summed E-state index contributed by atoms with van der Waals surface area (Å²) < 4.78 is 38.2. The summed E-state index contributed by atoms with van der Waals surface area (Å²) in [5.74, 6) is 0.892. The van der Waals surface area contributed by atoms with E-state index >= 15 is 0 Å². The molecule has 0 aliphatic rings. The Morgan fingerprint density at radius 3 is 2.30 bits per heavy atom. The van der Waals surface area contributed by atoms with Gasteiger partial charge in [0.05, 0.1) is 19.1 Å². The van der Waals surface area contributed by atoms with Crippen LogP contribution in [0.1, 0.15) is 29.8 Å². The number of sulfonamides is 1. The second-order valence-corrected chi connectivity index (χ2v) is 9.21. The Kier molecular flexibility index (Phi) is 8.69. The molecule has 0 aliphatic heterocycles. The maximum Gasteiger partial charge on any atom is 0.251 e. The highest BCUT2D eigenvalue weighted by Crippen LogP contribution is 2.33. The summed E-state index contributed by atoms with van der Waals surface area (Å²) in [5.41, 5.74) is 1.25. The smallest absolute Gasteiger partial charge is 0.251 e. The molecule has 0 radical (unpaired) electrons. The van der Waals surface area contributed by atoms with Gasteiger partial charge in [-0.15, -0.1) is 0 Å². The third-order valence-electron chi connectivity index (χ3n) is 4.67. The van der Waals surface area contributed by atoms with Gasteiger partial charge < -0.3 is 14.8 Å². The molecule has 2 aromatic carbocycles. The molecule has 0 unspecified atom stereocenters. The molecule has 30 heavy (non-hydrogen) atoms. The molecule has 0 atom stereocenters. The van der Waals surface area contributed by atoms with Crippen molar-refractivity contribution in [3.8, 4) is 11.5 Å². The first kappa shape index (κ1) is 24.2. The van der Waals surface area contributed by atoms with Gasteiger partial charge in [0.25, 0.3) is 5.91 Å². The second kappa shape index (κ2) is 10.8. The van der Waals surface area contributed by atoms with Crippen LogP contribution in [0.5, 0.6) is 11.5 Å². The first-order valence-corrected chi connectivity index (χ1v) is 11.8. The van der Waals surface area contributed by atoms with Gasteiger partial charge in [-0.25, -0.2) is 8.42 Å². The number of carbonyl (C=O) groups excluding carboxylic acids is 1. The molecule has 7 nitrogen and oxygen atoms in total. The first-order valence-electron chi connectivity index (χ1n) is 9.57. The molecule has 0 aromatic heterocycles. The number of ether oxygens (including phenoxy) is 2. The minimum atomic E-state index is -3.62. The highest BCUT2D eigenvalue weighted by molar-refractivity contribution is 9.10. The fourth-order valence-corrected chi connectivity index (χ4v) is 5.04. The van der Waals surface area contributed by atoms with Gasteiger partial charge in [-0.3, -0.25) is 4.79 Å². The van der Waals surface area contributed by atoms with E-state index in [1.165, 1.54) is 16.4 Å². The predicted octanol–water partition coefficient (Wildman–Crippen LogP) is 3.47. The molecule has 2 rings (SSSR count). The average molecular weight is 499 g/mol. The third kappa shape index (κ3) is 5.53. The lowest BCUT2D eigenvalue weighted by Gasteiger charge is -2.18. The van der Waals surface area contributed by atoms with Crippen LogP contribution >= 0.6 is 15.9 Å². The van der Waals surface area contributed by atoms with Gasteiger partial charge in [0.2, 0.25) is 10.0 Å². The number of carbonyl (C=O) groups is 1. The van der Waals surface area contributed by atoms with E-state index < -0.39 is 10.0 Å². The third-order valence-corrected chi connectivity index (χ3v) is 7.46. The van der Waals surface area contributed by atoms with Crippen molar-refractivity contribution in [3.63, 3.8) is 0 Å². The molecular weight excluding hydrogens is 472 g/mol. The van der Waals surface area contributed by atoms with E-state index in [0.717, 1.165) is 10.0 Å². The quantitative estimate of drug-likeness (QED) is 0.541. The highest BCUT2D eigenvalue weighted by atomic mass is 79.9. The fraction of sp³-hybridized carbons (Fsp3) is 0.381. The summed E-state index contributed by atoms with van der Waals surface area (Å²) in [4.78, 5) is 12.7. The number of nitrogens with zero attached hydrogens (tertiary/aromatic N) is 1. The van der Waals surface area contributed by atoms with Crippen LogP contribution in [0.4, 0.5) is 0 Å². The van der Waals surface area contributed by atoms with E-state index in [1.54, 1.807) is 40.2 Å². The number of hydrogen-bond acceptors (Lipinski definition) is 5. The maximum absolute atomic E-state index is 12.7. The van der Waals surface area contributed by atoms with Gasteiger partial charge in [0.1, 0.15) is 0 Å². The van der Waals surface area contributed by atoms with Crippen LogP contribution in [0.15, 0.2) is 45.8 Å². The Morgan fingerprint density at radius 1 is 1.07 bits per heavy atom. The molecule has 0 saturated carbocycles. The molecular formula is C21H27BrN2O5S. The lowest BCUT2D eigenvalue weighted by molar-refractivity contribution is 0.0954. The summed E-state index contributed by atoms with van der Waals surface area (Å²) in [6.45, 7) is 4.68. The number of methoxy groups -OCH3 is 2. The Morgan fingerprint density at radius 2 is 1.70 bits per heavy atom. The van der Waals surface area contributed by atoms with E-state index in [1.807, 2.05) is 12.1 Å². The maximum atomic E-state index is 12.7. The van der Waals surface area contributed by atoms with Crippen molar-refractivity contribution in [1.29, 1.82) is 0 Å². The topological polar surface area (TPSA) is 84.9 Å². The molecule has 1 N–H and O–H groups in total. The van der Waals surface area contributed by atoms with Crippen LogP contribution in [-0.2, 0) is 16.4 Å². The van der Waals surface area contributed by atoms with Crippen LogP contribution in [0, 0.1) is 0 Å². The zero-order valence-corrected chi connectivity index (χ0v) is 20.0. The fourth-order valence-electron chi connectivity index (χ4n) is 3.01.